The van der Waals surface area contributed by atoms with Gasteiger partial charge in [-0.15, -0.1) is 11.3 Å². The molecule has 1 aromatic carbocycles. The number of hydrogen-bond donors (Lipinski definition) is 1. The highest BCUT2D eigenvalue weighted by atomic mass is 35.5. The molecule has 0 bridgehead atoms. The Morgan fingerprint density at radius 3 is 2.63 bits per heavy atom. The van der Waals surface area contributed by atoms with Gasteiger partial charge in [-0.3, -0.25) is 19.2 Å². The van der Waals surface area contributed by atoms with Crippen LogP contribution in [0.25, 0.3) is 10.6 Å². The number of amides is 2. The smallest absolute Gasteiger partial charge is 0.277 e. The van der Waals surface area contributed by atoms with Crippen LogP contribution in [0.2, 0.25) is 5.02 Å². The molecule has 0 aliphatic carbocycles. The van der Waals surface area contributed by atoms with Gasteiger partial charge in [0.25, 0.3) is 5.91 Å². The zero-order chi connectivity index (χ0) is 21.7. The van der Waals surface area contributed by atoms with Gasteiger partial charge in [-0.05, 0) is 63.4 Å². The maximum Gasteiger partial charge on any atom is 0.277 e. The van der Waals surface area contributed by atoms with Crippen molar-refractivity contribution in [2.45, 2.75) is 45.3 Å². The average Bonchev–Trinajstić information content (AvgIpc) is 3.29. The van der Waals surface area contributed by atoms with E-state index in [2.05, 4.69) is 10.4 Å². The van der Waals surface area contributed by atoms with Crippen LogP contribution in [0.4, 0.5) is 5.69 Å². The van der Waals surface area contributed by atoms with E-state index in [1.165, 1.54) is 4.90 Å². The maximum absolute atomic E-state index is 13.6. The number of rotatable bonds is 3. The van der Waals surface area contributed by atoms with Gasteiger partial charge in [-0.1, -0.05) is 23.7 Å². The second kappa shape index (κ2) is 7.25. The maximum atomic E-state index is 13.6. The van der Waals surface area contributed by atoms with Crippen molar-refractivity contribution in [2.75, 3.05) is 4.90 Å². The van der Waals surface area contributed by atoms with E-state index in [1.54, 1.807) is 53.3 Å². The lowest BCUT2D eigenvalue weighted by Gasteiger charge is -2.44. The molecule has 1 aliphatic rings. The van der Waals surface area contributed by atoms with Gasteiger partial charge >= 0.3 is 0 Å². The molecule has 1 aliphatic heterocycles. The number of anilines is 1. The van der Waals surface area contributed by atoms with Gasteiger partial charge in [-0.25, -0.2) is 0 Å². The lowest BCUT2D eigenvalue weighted by molar-refractivity contribution is -0.128. The number of nitrogens with zero attached hydrogens (tertiary/aromatic N) is 3. The number of nitrogens with one attached hydrogen (secondary N) is 1. The van der Waals surface area contributed by atoms with Crippen LogP contribution in [-0.4, -0.2) is 32.7 Å². The lowest BCUT2D eigenvalue weighted by atomic mass is 9.92. The molecule has 1 N–H and O–H groups in total. The predicted molar refractivity (Wildman–Crippen MR) is 120 cm³/mol. The molecule has 3 heterocycles. The zero-order valence-corrected chi connectivity index (χ0v) is 18.8. The van der Waals surface area contributed by atoms with E-state index in [1.807, 2.05) is 38.3 Å². The standard InChI is InChI=1S/C22H23ClN4O2S/c1-21(2,3)24-20(29)22(4)13-26-17(12-16(25-26)18-9-6-10-30-18)19(28)27(22)15-8-5-7-14(23)11-15/h5-12H,13H2,1-4H3,(H,24,29)/t22-/m1/s1. The summed E-state index contributed by atoms with van der Waals surface area (Å²) in [5.74, 6) is -0.535. The highest BCUT2D eigenvalue weighted by Gasteiger charge is 2.49. The molecule has 4 rings (SSSR count). The van der Waals surface area contributed by atoms with Gasteiger partial charge in [0.1, 0.15) is 16.9 Å². The van der Waals surface area contributed by atoms with Gasteiger partial charge < -0.3 is 5.32 Å². The van der Waals surface area contributed by atoms with Crippen molar-refractivity contribution < 1.29 is 9.59 Å². The Labute approximate surface area is 184 Å². The average molecular weight is 443 g/mol. The van der Waals surface area contributed by atoms with Gasteiger partial charge in [0.05, 0.1) is 11.4 Å². The van der Waals surface area contributed by atoms with Gasteiger partial charge in [0.15, 0.2) is 0 Å². The molecule has 3 aromatic rings. The first-order chi connectivity index (χ1) is 14.1. The molecular formula is C22H23ClN4O2S. The molecular weight excluding hydrogens is 420 g/mol. The van der Waals surface area contributed by atoms with Gasteiger partial charge in [0.2, 0.25) is 5.91 Å². The number of carbonyl (C=O) groups is 2. The quantitative estimate of drug-likeness (QED) is 0.644. The second-order valence-corrected chi connectivity index (χ2v) is 10.0. The van der Waals surface area contributed by atoms with Crippen LogP contribution >= 0.6 is 22.9 Å². The van der Waals surface area contributed by atoms with Crippen LogP contribution in [0.5, 0.6) is 0 Å². The molecule has 6 nitrogen and oxygen atoms in total. The summed E-state index contributed by atoms with van der Waals surface area (Å²) in [6.45, 7) is 7.74. The van der Waals surface area contributed by atoms with Crippen molar-refractivity contribution >= 4 is 40.4 Å². The molecule has 156 valence electrons. The normalized spacial score (nSPS) is 19.0. The molecule has 8 heteroatoms. The second-order valence-electron chi connectivity index (χ2n) is 8.65. The fourth-order valence-corrected chi connectivity index (χ4v) is 4.49. The van der Waals surface area contributed by atoms with Crippen LogP contribution in [0.1, 0.15) is 38.2 Å². The number of aromatic nitrogens is 2. The number of hydrogen-bond acceptors (Lipinski definition) is 4. The Kier molecular flexibility index (Phi) is 4.98. The van der Waals surface area contributed by atoms with Crippen LogP contribution in [0.15, 0.2) is 47.8 Å². The summed E-state index contributed by atoms with van der Waals surface area (Å²) in [5, 5.41) is 10.1. The summed E-state index contributed by atoms with van der Waals surface area (Å²) in [7, 11) is 0. The van der Waals surface area contributed by atoms with Crippen LogP contribution in [0.3, 0.4) is 0 Å². The highest BCUT2D eigenvalue weighted by Crippen LogP contribution is 2.36. The molecule has 0 saturated carbocycles. The lowest BCUT2D eigenvalue weighted by Crippen LogP contribution is -2.66. The predicted octanol–water partition coefficient (Wildman–Crippen LogP) is 4.60. The van der Waals surface area contributed by atoms with E-state index in [4.69, 9.17) is 11.6 Å². The first-order valence-corrected chi connectivity index (χ1v) is 10.9. The summed E-state index contributed by atoms with van der Waals surface area (Å²) < 4.78 is 1.64. The minimum atomic E-state index is -1.18. The molecule has 0 radical (unpaired) electrons. The number of thiophene rings is 1. The molecule has 2 amide bonds. The fraction of sp³-hybridized carbons (Fsp3) is 0.318. The van der Waals surface area contributed by atoms with Gasteiger partial charge in [0, 0.05) is 16.2 Å². The Balaban J connectivity index is 1.85. The molecule has 0 saturated heterocycles. The zero-order valence-electron chi connectivity index (χ0n) is 17.3. The van der Waals surface area contributed by atoms with E-state index in [-0.39, 0.29) is 18.4 Å². The molecule has 2 aromatic heterocycles. The minimum absolute atomic E-state index is 0.230. The fourth-order valence-electron chi connectivity index (χ4n) is 3.62. The molecule has 1 atom stereocenters. The molecule has 0 spiro atoms. The van der Waals surface area contributed by atoms with Crippen molar-refractivity contribution in [1.82, 2.24) is 15.1 Å². The minimum Gasteiger partial charge on any atom is -0.349 e. The Morgan fingerprint density at radius 1 is 1.23 bits per heavy atom. The topological polar surface area (TPSA) is 67.2 Å². The van der Waals surface area contributed by atoms with Crippen LogP contribution in [0, 0.1) is 0 Å². The van der Waals surface area contributed by atoms with Crippen molar-refractivity contribution in [3.63, 3.8) is 0 Å². The SMILES string of the molecule is CC(C)(C)NC(=O)[C@@]1(C)Cn2nc(-c3cccs3)cc2C(=O)N1c1cccc(Cl)c1. The summed E-state index contributed by atoms with van der Waals surface area (Å²) >= 11 is 7.76. The summed E-state index contributed by atoms with van der Waals surface area (Å²) in [6, 6.07) is 12.7. The number of carbonyl (C=O) groups excluding carboxylic acids is 2. The Morgan fingerprint density at radius 2 is 2.00 bits per heavy atom. The summed E-state index contributed by atoms with van der Waals surface area (Å²) in [6.07, 6.45) is 0. The van der Waals surface area contributed by atoms with Crippen molar-refractivity contribution in [1.29, 1.82) is 0 Å². The first kappa shape index (κ1) is 20.6. The van der Waals surface area contributed by atoms with E-state index in [9.17, 15) is 9.59 Å². The monoisotopic (exact) mass is 442 g/mol. The number of halogens is 1. The molecule has 30 heavy (non-hydrogen) atoms. The van der Waals surface area contributed by atoms with Crippen molar-refractivity contribution in [2.24, 2.45) is 0 Å². The third-order valence-electron chi connectivity index (χ3n) is 4.97. The highest BCUT2D eigenvalue weighted by molar-refractivity contribution is 7.13. The van der Waals surface area contributed by atoms with E-state index < -0.39 is 11.1 Å². The summed E-state index contributed by atoms with van der Waals surface area (Å²) in [5.41, 5.74) is 0.111. The van der Waals surface area contributed by atoms with E-state index in [0.29, 0.717) is 16.4 Å². The van der Waals surface area contributed by atoms with E-state index in [0.717, 1.165) is 10.6 Å². The third-order valence-corrected chi connectivity index (χ3v) is 6.10. The summed E-state index contributed by atoms with van der Waals surface area (Å²) in [4.78, 5) is 29.6. The van der Waals surface area contributed by atoms with Crippen molar-refractivity contribution in [3.8, 4) is 10.6 Å². The van der Waals surface area contributed by atoms with Gasteiger partial charge in [-0.2, -0.15) is 5.10 Å². The Hall–Kier alpha value is -2.64. The first-order valence-electron chi connectivity index (χ1n) is 9.63. The number of benzene rings is 1. The van der Waals surface area contributed by atoms with Crippen LogP contribution in [-0.2, 0) is 11.3 Å². The molecule has 0 unspecified atom stereocenters. The van der Waals surface area contributed by atoms with E-state index >= 15 is 0 Å². The Bertz CT molecular complexity index is 1120. The third kappa shape index (κ3) is 3.63. The largest absolute Gasteiger partial charge is 0.349 e. The molecule has 0 fully saturated rings. The van der Waals surface area contributed by atoms with Crippen LogP contribution < -0.4 is 10.2 Å². The number of fused-ring (bicyclic) bond motifs is 1. The van der Waals surface area contributed by atoms with Crippen molar-refractivity contribution in [3.05, 3.63) is 58.6 Å².